The first-order valence-corrected chi connectivity index (χ1v) is 3.83. The van der Waals surface area contributed by atoms with Crippen molar-refractivity contribution < 1.29 is 19.4 Å². The first-order valence-electron chi connectivity index (χ1n) is 3.83. The number of hydrogen-bond acceptors (Lipinski definition) is 4. The van der Waals surface area contributed by atoms with Gasteiger partial charge in [-0.15, -0.1) is 0 Å². The summed E-state index contributed by atoms with van der Waals surface area (Å²) in [5, 5.41) is 11.2. The molecule has 2 N–H and O–H groups in total. The van der Waals surface area contributed by atoms with Crippen LogP contribution in [-0.4, -0.2) is 28.6 Å². The molecule has 0 saturated carbocycles. The molecular formula is C8H6N2O4. The average molecular weight is 194 g/mol. The molecule has 1 amide bonds. The molecule has 0 bridgehead atoms. The summed E-state index contributed by atoms with van der Waals surface area (Å²) < 4.78 is 4.97. The lowest BCUT2D eigenvalue weighted by molar-refractivity contribution is -0.118. The summed E-state index contributed by atoms with van der Waals surface area (Å²) >= 11 is 0. The van der Waals surface area contributed by atoms with E-state index in [1.54, 1.807) is 0 Å². The fourth-order valence-corrected chi connectivity index (χ4v) is 1.17. The van der Waals surface area contributed by atoms with Gasteiger partial charge >= 0.3 is 5.97 Å². The lowest BCUT2D eigenvalue weighted by Crippen LogP contribution is -2.26. The number of rotatable bonds is 1. The number of anilines is 1. The molecule has 14 heavy (non-hydrogen) atoms. The number of carboxylic acid groups (broad SMARTS) is 1. The minimum absolute atomic E-state index is 0.111. The van der Waals surface area contributed by atoms with Gasteiger partial charge in [-0.3, -0.25) is 4.79 Å². The van der Waals surface area contributed by atoms with Crippen molar-refractivity contribution in [1.29, 1.82) is 0 Å². The summed E-state index contributed by atoms with van der Waals surface area (Å²) in [6.07, 6.45) is 1.30. The van der Waals surface area contributed by atoms with E-state index in [1.807, 2.05) is 0 Å². The van der Waals surface area contributed by atoms with Gasteiger partial charge in [-0.05, 0) is 6.07 Å². The molecule has 2 rings (SSSR count). The SMILES string of the molecule is O=C1COc2c(ccnc2C(=O)O)N1. The zero-order chi connectivity index (χ0) is 10.1. The Balaban J connectivity index is 2.52. The van der Waals surface area contributed by atoms with Gasteiger partial charge in [0.05, 0.1) is 5.69 Å². The predicted molar refractivity (Wildman–Crippen MR) is 45.3 cm³/mol. The Morgan fingerprint density at radius 2 is 2.43 bits per heavy atom. The molecule has 72 valence electrons. The quantitative estimate of drug-likeness (QED) is 0.662. The van der Waals surface area contributed by atoms with Crippen LogP contribution in [0.25, 0.3) is 0 Å². The van der Waals surface area contributed by atoms with Crippen molar-refractivity contribution in [1.82, 2.24) is 4.98 Å². The van der Waals surface area contributed by atoms with Crippen molar-refractivity contribution in [2.75, 3.05) is 11.9 Å². The Morgan fingerprint density at radius 1 is 1.64 bits per heavy atom. The van der Waals surface area contributed by atoms with E-state index in [4.69, 9.17) is 9.84 Å². The predicted octanol–water partition coefficient (Wildman–Crippen LogP) is 0.111. The number of carbonyl (C=O) groups is 2. The number of aromatic carboxylic acids is 1. The highest BCUT2D eigenvalue weighted by molar-refractivity contribution is 5.99. The third-order valence-corrected chi connectivity index (χ3v) is 1.73. The second kappa shape index (κ2) is 2.99. The number of amides is 1. The van der Waals surface area contributed by atoms with Crippen LogP contribution in [0.1, 0.15) is 10.5 Å². The van der Waals surface area contributed by atoms with Crippen molar-refractivity contribution in [3.05, 3.63) is 18.0 Å². The van der Waals surface area contributed by atoms with Crippen molar-refractivity contribution in [2.45, 2.75) is 0 Å². The molecule has 0 spiro atoms. The molecule has 1 aromatic heterocycles. The zero-order valence-corrected chi connectivity index (χ0v) is 6.98. The molecular weight excluding hydrogens is 188 g/mol. The third-order valence-electron chi connectivity index (χ3n) is 1.73. The Morgan fingerprint density at radius 3 is 3.14 bits per heavy atom. The maximum Gasteiger partial charge on any atom is 0.358 e. The highest BCUT2D eigenvalue weighted by Gasteiger charge is 2.23. The summed E-state index contributed by atoms with van der Waals surface area (Å²) in [6, 6.07) is 1.48. The van der Waals surface area contributed by atoms with Crippen LogP contribution < -0.4 is 10.1 Å². The van der Waals surface area contributed by atoms with Crippen molar-refractivity contribution >= 4 is 17.6 Å². The third kappa shape index (κ3) is 1.26. The molecule has 0 radical (unpaired) electrons. The van der Waals surface area contributed by atoms with Gasteiger partial charge < -0.3 is 15.2 Å². The molecule has 0 saturated heterocycles. The Labute approximate surface area is 78.5 Å². The fraction of sp³-hybridized carbons (Fsp3) is 0.125. The summed E-state index contributed by atoms with van der Waals surface area (Å²) in [4.78, 5) is 25.2. The molecule has 6 heteroatoms. The van der Waals surface area contributed by atoms with Crippen LogP contribution in [-0.2, 0) is 4.79 Å². The molecule has 0 fully saturated rings. The molecule has 1 aliphatic rings. The first kappa shape index (κ1) is 8.49. The minimum Gasteiger partial charge on any atom is -0.479 e. The molecule has 6 nitrogen and oxygen atoms in total. The standard InChI is InChI=1S/C8H6N2O4/c11-5-3-14-7-4(10-5)1-2-9-6(7)8(12)13/h1-2H,3H2,(H,10,11)(H,12,13). The van der Waals surface area contributed by atoms with Gasteiger partial charge in [0.15, 0.2) is 18.1 Å². The summed E-state index contributed by atoms with van der Waals surface area (Å²) in [5.41, 5.74) is 0.149. The zero-order valence-electron chi connectivity index (χ0n) is 6.98. The van der Waals surface area contributed by atoms with Crippen LogP contribution in [0, 0.1) is 0 Å². The molecule has 0 aliphatic carbocycles. The average Bonchev–Trinajstić information content (AvgIpc) is 2.16. The van der Waals surface area contributed by atoms with E-state index in [2.05, 4.69) is 10.3 Å². The molecule has 2 heterocycles. The van der Waals surface area contributed by atoms with Gasteiger partial charge in [-0.25, -0.2) is 9.78 Å². The number of nitrogens with one attached hydrogen (secondary N) is 1. The van der Waals surface area contributed by atoms with Crippen molar-refractivity contribution in [3.8, 4) is 5.75 Å². The van der Waals surface area contributed by atoms with Gasteiger partial charge in [0.25, 0.3) is 5.91 Å². The smallest absolute Gasteiger partial charge is 0.358 e. The van der Waals surface area contributed by atoms with E-state index in [1.165, 1.54) is 12.3 Å². The normalized spacial score (nSPS) is 13.9. The largest absolute Gasteiger partial charge is 0.479 e. The number of nitrogens with zero attached hydrogens (tertiary/aromatic N) is 1. The van der Waals surface area contributed by atoms with Crippen molar-refractivity contribution in [3.63, 3.8) is 0 Å². The van der Waals surface area contributed by atoms with Crippen LogP contribution in [0.4, 0.5) is 5.69 Å². The van der Waals surface area contributed by atoms with Crippen LogP contribution in [0.2, 0.25) is 0 Å². The van der Waals surface area contributed by atoms with Crippen LogP contribution >= 0.6 is 0 Å². The second-order valence-electron chi connectivity index (χ2n) is 2.68. The Bertz CT molecular complexity index is 416. The minimum atomic E-state index is -1.18. The second-order valence-corrected chi connectivity index (χ2v) is 2.68. The van der Waals surface area contributed by atoms with Crippen LogP contribution in [0.5, 0.6) is 5.75 Å². The van der Waals surface area contributed by atoms with Crippen molar-refractivity contribution in [2.24, 2.45) is 0 Å². The highest BCUT2D eigenvalue weighted by Crippen LogP contribution is 2.29. The van der Waals surface area contributed by atoms with Crippen LogP contribution in [0.15, 0.2) is 12.3 Å². The molecule has 0 aromatic carbocycles. The lowest BCUT2D eigenvalue weighted by atomic mass is 10.2. The van der Waals surface area contributed by atoms with Gasteiger partial charge in [0.2, 0.25) is 0 Å². The van der Waals surface area contributed by atoms with E-state index in [-0.39, 0.29) is 24.0 Å². The van der Waals surface area contributed by atoms with Crippen LogP contribution in [0.3, 0.4) is 0 Å². The van der Waals surface area contributed by atoms with Gasteiger partial charge in [0.1, 0.15) is 0 Å². The summed E-state index contributed by atoms with van der Waals surface area (Å²) in [6.45, 7) is -0.182. The Hall–Kier alpha value is -2.11. The number of carbonyl (C=O) groups excluding carboxylic acids is 1. The highest BCUT2D eigenvalue weighted by atomic mass is 16.5. The number of carboxylic acids is 1. The van der Waals surface area contributed by atoms with E-state index in [9.17, 15) is 9.59 Å². The van der Waals surface area contributed by atoms with Gasteiger partial charge in [-0.2, -0.15) is 0 Å². The number of fused-ring (bicyclic) bond motifs is 1. The summed E-state index contributed by atoms with van der Waals surface area (Å²) in [7, 11) is 0. The lowest BCUT2D eigenvalue weighted by Gasteiger charge is -2.18. The Kier molecular flexibility index (Phi) is 1.81. The van der Waals surface area contributed by atoms with E-state index in [0.29, 0.717) is 5.69 Å². The first-order chi connectivity index (χ1) is 6.68. The van der Waals surface area contributed by atoms with E-state index in [0.717, 1.165) is 0 Å². The molecule has 0 unspecified atom stereocenters. The maximum atomic E-state index is 10.9. The number of aromatic nitrogens is 1. The monoisotopic (exact) mass is 194 g/mol. The van der Waals surface area contributed by atoms with Gasteiger partial charge in [0, 0.05) is 6.20 Å². The maximum absolute atomic E-state index is 10.9. The number of hydrogen-bond donors (Lipinski definition) is 2. The molecule has 0 atom stereocenters. The number of ether oxygens (including phenoxy) is 1. The number of pyridine rings is 1. The molecule has 1 aromatic rings. The summed E-state index contributed by atoms with van der Waals surface area (Å²) in [5.74, 6) is -1.38. The topological polar surface area (TPSA) is 88.5 Å². The fourth-order valence-electron chi connectivity index (χ4n) is 1.17. The van der Waals surface area contributed by atoms with E-state index >= 15 is 0 Å². The molecule has 1 aliphatic heterocycles. The van der Waals surface area contributed by atoms with Gasteiger partial charge in [-0.1, -0.05) is 0 Å². The van der Waals surface area contributed by atoms with E-state index < -0.39 is 5.97 Å².